The molecule has 15 heavy (non-hydrogen) atoms. The zero-order chi connectivity index (χ0) is 11.4. The minimum absolute atomic E-state index is 0.0320. The van der Waals surface area contributed by atoms with E-state index in [1.165, 1.54) is 9.58 Å². The molecule has 0 aliphatic rings. The Labute approximate surface area is 88.5 Å². The van der Waals surface area contributed by atoms with Crippen molar-refractivity contribution in [3.05, 3.63) is 11.9 Å². The van der Waals surface area contributed by atoms with E-state index in [4.69, 9.17) is 5.11 Å². The van der Waals surface area contributed by atoms with E-state index in [2.05, 4.69) is 10.3 Å². The molecular formula is C9H16N4O2. The summed E-state index contributed by atoms with van der Waals surface area (Å²) in [5, 5.41) is 16.4. The monoisotopic (exact) mass is 212 g/mol. The number of rotatable bonds is 4. The summed E-state index contributed by atoms with van der Waals surface area (Å²) >= 11 is 0. The van der Waals surface area contributed by atoms with Crippen molar-refractivity contribution in [1.82, 2.24) is 19.9 Å². The van der Waals surface area contributed by atoms with Crippen LogP contribution in [-0.2, 0) is 11.2 Å². The Morgan fingerprint density at radius 2 is 2.33 bits per heavy atom. The van der Waals surface area contributed by atoms with E-state index in [1.807, 2.05) is 0 Å². The molecule has 6 nitrogen and oxygen atoms in total. The van der Waals surface area contributed by atoms with Crippen LogP contribution in [0.4, 0.5) is 0 Å². The predicted molar refractivity (Wildman–Crippen MR) is 54.2 cm³/mol. The Morgan fingerprint density at radius 3 is 2.87 bits per heavy atom. The molecule has 0 saturated carbocycles. The molecule has 0 spiro atoms. The maximum Gasteiger partial charge on any atom is 0.246 e. The quantitative estimate of drug-likeness (QED) is 0.727. The van der Waals surface area contributed by atoms with Gasteiger partial charge in [0, 0.05) is 33.3 Å². The molecule has 1 aromatic rings. The highest BCUT2D eigenvalue weighted by Gasteiger charge is 2.17. The number of carbonyl (C=O) groups excluding carboxylic acids is 1. The van der Waals surface area contributed by atoms with Gasteiger partial charge in [-0.15, -0.1) is 5.10 Å². The summed E-state index contributed by atoms with van der Waals surface area (Å²) in [6, 6.07) is -0.361. The first-order chi connectivity index (χ1) is 7.06. The Balaban J connectivity index is 2.73. The average Bonchev–Trinajstić information content (AvgIpc) is 2.64. The maximum atomic E-state index is 11.6. The summed E-state index contributed by atoms with van der Waals surface area (Å²) in [7, 11) is 3.40. The summed E-state index contributed by atoms with van der Waals surface area (Å²) < 4.78 is 1.51. The third-order valence-electron chi connectivity index (χ3n) is 2.12. The number of likely N-dealkylation sites (N-methyl/N-ethyl adjacent to an activating group) is 1. The number of carbonyl (C=O) groups is 1. The first-order valence-electron chi connectivity index (χ1n) is 4.79. The first-order valence-corrected chi connectivity index (χ1v) is 4.79. The zero-order valence-electron chi connectivity index (χ0n) is 9.21. The van der Waals surface area contributed by atoms with E-state index in [0.29, 0.717) is 12.1 Å². The number of hydrogen-bond acceptors (Lipinski definition) is 4. The van der Waals surface area contributed by atoms with Crippen LogP contribution in [0.25, 0.3) is 0 Å². The number of nitrogens with zero attached hydrogens (tertiary/aromatic N) is 4. The zero-order valence-corrected chi connectivity index (χ0v) is 9.21. The van der Waals surface area contributed by atoms with Crippen LogP contribution in [0.2, 0.25) is 0 Å². The van der Waals surface area contributed by atoms with Crippen molar-refractivity contribution in [2.24, 2.45) is 0 Å². The van der Waals surface area contributed by atoms with Gasteiger partial charge in [0.05, 0.1) is 5.69 Å². The lowest BCUT2D eigenvalue weighted by Crippen LogP contribution is -2.30. The van der Waals surface area contributed by atoms with Crippen LogP contribution in [0.3, 0.4) is 0 Å². The van der Waals surface area contributed by atoms with E-state index >= 15 is 0 Å². The Bertz CT molecular complexity index is 335. The van der Waals surface area contributed by atoms with Gasteiger partial charge >= 0.3 is 0 Å². The third-order valence-corrected chi connectivity index (χ3v) is 2.12. The van der Waals surface area contributed by atoms with E-state index in [1.54, 1.807) is 27.2 Å². The highest BCUT2D eigenvalue weighted by Crippen LogP contribution is 2.07. The van der Waals surface area contributed by atoms with Gasteiger partial charge in [-0.05, 0) is 6.92 Å². The summed E-state index contributed by atoms with van der Waals surface area (Å²) in [6.07, 6.45) is 2.14. The maximum absolute atomic E-state index is 11.6. The first kappa shape index (κ1) is 11.6. The van der Waals surface area contributed by atoms with Crippen LogP contribution in [0.1, 0.15) is 18.7 Å². The Kier molecular flexibility index (Phi) is 3.79. The van der Waals surface area contributed by atoms with E-state index in [-0.39, 0.29) is 18.6 Å². The van der Waals surface area contributed by atoms with Gasteiger partial charge in [-0.2, -0.15) is 0 Å². The van der Waals surface area contributed by atoms with Gasteiger partial charge in [0.15, 0.2) is 0 Å². The van der Waals surface area contributed by atoms with Gasteiger partial charge in [0.2, 0.25) is 5.91 Å². The molecule has 0 aliphatic heterocycles. The van der Waals surface area contributed by atoms with Gasteiger partial charge in [-0.1, -0.05) is 5.21 Å². The smallest absolute Gasteiger partial charge is 0.246 e. The van der Waals surface area contributed by atoms with E-state index < -0.39 is 0 Å². The van der Waals surface area contributed by atoms with Gasteiger partial charge < -0.3 is 10.0 Å². The molecule has 1 N–H and O–H groups in total. The third kappa shape index (κ3) is 2.76. The lowest BCUT2D eigenvalue weighted by molar-refractivity contribution is -0.132. The highest BCUT2D eigenvalue weighted by molar-refractivity contribution is 5.79. The van der Waals surface area contributed by atoms with Gasteiger partial charge in [0.25, 0.3) is 0 Å². The fourth-order valence-corrected chi connectivity index (χ4v) is 1.22. The minimum atomic E-state index is -0.361. The fourth-order valence-electron chi connectivity index (χ4n) is 1.22. The molecule has 0 aliphatic carbocycles. The minimum Gasteiger partial charge on any atom is -0.396 e. The molecule has 6 heteroatoms. The van der Waals surface area contributed by atoms with Crippen molar-refractivity contribution in [2.75, 3.05) is 20.7 Å². The molecule has 0 radical (unpaired) electrons. The lowest BCUT2D eigenvalue weighted by Gasteiger charge is -2.16. The van der Waals surface area contributed by atoms with Crippen molar-refractivity contribution in [1.29, 1.82) is 0 Å². The van der Waals surface area contributed by atoms with Gasteiger partial charge in [0.1, 0.15) is 6.04 Å². The standard InChI is InChI=1S/C9H16N4O2/c1-7(9(15)12(2)3)13-6-8(4-5-14)10-11-13/h6-7,14H,4-5H2,1-3H3. The van der Waals surface area contributed by atoms with Crippen molar-refractivity contribution >= 4 is 5.91 Å². The molecule has 1 unspecified atom stereocenters. The Morgan fingerprint density at radius 1 is 1.67 bits per heavy atom. The normalized spacial score (nSPS) is 12.5. The molecule has 0 bridgehead atoms. The number of amides is 1. The van der Waals surface area contributed by atoms with Gasteiger partial charge in [-0.3, -0.25) is 4.79 Å². The van der Waals surface area contributed by atoms with Crippen molar-refractivity contribution in [3.8, 4) is 0 Å². The predicted octanol–water partition coefficient (Wildman–Crippen LogP) is -0.538. The molecule has 84 valence electrons. The van der Waals surface area contributed by atoms with Crippen LogP contribution in [-0.4, -0.2) is 51.6 Å². The second-order valence-corrected chi connectivity index (χ2v) is 3.57. The van der Waals surface area contributed by atoms with Crippen LogP contribution >= 0.6 is 0 Å². The SMILES string of the molecule is CC(C(=O)N(C)C)n1cc(CCO)nn1. The van der Waals surface area contributed by atoms with Crippen molar-refractivity contribution < 1.29 is 9.90 Å². The second-order valence-electron chi connectivity index (χ2n) is 3.57. The van der Waals surface area contributed by atoms with Crippen LogP contribution in [0, 0.1) is 0 Å². The molecule has 1 heterocycles. The van der Waals surface area contributed by atoms with Crippen molar-refractivity contribution in [3.63, 3.8) is 0 Å². The van der Waals surface area contributed by atoms with Crippen LogP contribution in [0.15, 0.2) is 6.20 Å². The lowest BCUT2D eigenvalue weighted by atomic mass is 10.3. The molecule has 1 atom stereocenters. The number of hydrogen-bond donors (Lipinski definition) is 1. The number of aliphatic hydroxyl groups is 1. The molecule has 0 aromatic carbocycles. The molecular weight excluding hydrogens is 196 g/mol. The van der Waals surface area contributed by atoms with Crippen LogP contribution in [0.5, 0.6) is 0 Å². The van der Waals surface area contributed by atoms with Crippen LogP contribution < -0.4 is 0 Å². The molecule has 0 saturated heterocycles. The Hall–Kier alpha value is -1.43. The molecule has 1 rings (SSSR count). The molecule has 1 aromatic heterocycles. The molecule has 1 amide bonds. The average molecular weight is 212 g/mol. The summed E-state index contributed by atoms with van der Waals surface area (Å²) in [4.78, 5) is 13.1. The summed E-state index contributed by atoms with van der Waals surface area (Å²) in [6.45, 7) is 1.80. The summed E-state index contributed by atoms with van der Waals surface area (Å²) in [5.41, 5.74) is 0.691. The second kappa shape index (κ2) is 4.88. The van der Waals surface area contributed by atoms with E-state index in [0.717, 1.165) is 0 Å². The number of aliphatic hydroxyl groups excluding tert-OH is 1. The topological polar surface area (TPSA) is 71.2 Å². The molecule has 0 fully saturated rings. The van der Waals surface area contributed by atoms with Gasteiger partial charge in [-0.25, -0.2) is 4.68 Å². The van der Waals surface area contributed by atoms with E-state index in [9.17, 15) is 4.79 Å². The highest BCUT2D eigenvalue weighted by atomic mass is 16.3. The largest absolute Gasteiger partial charge is 0.396 e. The van der Waals surface area contributed by atoms with Crippen molar-refractivity contribution in [2.45, 2.75) is 19.4 Å². The summed E-state index contributed by atoms with van der Waals surface area (Å²) in [5.74, 6) is -0.0320. The number of aromatic nitrogens is 3. The fraction of sp³-hybridized carbons (Fsp3) is 0.667.